The maximum atomic E-state index is 13.3. The summed E-state index contributed by atoms with van der Waals surface area (Å²) in [4.78, 5) is 49.8. The van der Waals surface area contributed by atoms with Crippen molar-refractivity contribution in [2.75, 3.05) is 17.3 Å². The molecule has 2 amide bonds. The quantitative estimate of drug-likeness (QED) is 0.175. The van der Waals surface area contributed by atoms with Crippen LogP contribution < -0.4 is 15.0 Å². The summed E-state index contributed by atoms with van der Waals surface area (Å²) < 4.78 is 5.47. The first-order valence-corrected chi connectivity index (χ1v) is 10.8. The lowest BCUT2D eigenvalue weighted by Crippen LogP contribution is -2.29. The first kappa shape index (κ1) is 24.1. The number of nitrogens with zero attached hydrogens (tertiary/aromatic N) is 2. The molecule has 0 aromatic heterocycles. The number of aliphatic hydroxyl groups excluding tert-OH is 1. The van der Waals surface area contributed by atoms with Gasteiger partial charge in [-0.25, -0.2) is 0 Å². The van der Waals surface area contributed by atoms with E-state index < -0.39 is 28.4 Å². The highest BCUT2D eigenvalue weighted by Gasteiger charge is 2.48. The first-order chi connectivity index (χ1) is 17.2. The number of methoxy groups -OCH3 is 1. The molecule has 4 rings (SSSR count). The molecule has 1 fully saturated rings. The summed E-state index contributed by atoms with van der Waals surface area (Å²) in [5.74, 6) is -2.31. The molecule has 3 aromatic carbocycles. The molecule has 36 heavy (non-hydrogen) atoms. The minimum Gasteiger partial charge on any atom is -0.507 e. The van der Waals surface area contributed by atoms with Crippen LogP contribution in [0.15, 0.2) is 78.4 Å². The maximum Gasteiger partial charge on any atom is 0.300 e. The first-order valence-electron chi connectivity index (χ1n) is 10.8. The predicted octanol–water partition coefficient (Wildman–Crippen LogP) is 4.19. The zero-order chi connectivity index (χ0) is 26.0. The number of Topliss-reactive ketones (excluding diaryl/α,β-unsaturated/α-hetero) is 1. The number of anilines is 2. The topological polar surface area (TPSA) is 139 Å². The van der Waals surface area contributed by atoms with Crippen LogP contribution in [-0.2, 0) is 14.4 Å². The highest BCUT2D eigenvalue weighted by Crippen LogP contribution is 2.45. The number of amides is 2. The Kier molecular flexibility index (Phi) is 6.51. The molecule has 0 aliphatic carbocycles. The van der Waals surface area contributed by atoms with E-state index in [1.165, 1.54) is 37.1 Å². The fourth-order valence-electron chi connectivity index (χ4n) is 4.12. The van der Waals surface area contributed by atoms with Crippen LogP contribution in [0.1, 0.15) is 24.1 Å². The van der Waals surface area contributed by atoms with Crippen molar-refractivity contribution in [1.29, 1.82) is 0 Å². The van der Waals surface area contributed by atoms with Gasteiger partial charge in [0.15, 0.2) is 0 Å². The van der Waals surface area contributed by atoms with Crippen LogP contribution in [0.5, 0.6) is 5.75 Å². The van der Waals surface area contributed by atoms with Crippen molar-refractivity contribution in [2.45, 2.75) is 13.0 Å². The molecule has 1 aliphatic rings. The monoisotopic (exact) mass is 487 g/mol. The number of rotatable bonds is 6. The van der Waals surface area contributed by atoms with Crippen molar-refractivity contribution in [3.63, 3.8) is 0 Å². The summed E-state index contributed by atoms with van der Waals surface area (Å²) >= 11 is 0. The number of benzene rings is 3. The van der Waals surface area contributed by atoms with Crippen LogP contribution in [0.2, 0.25) is 0 Å². The van der Waals surface area contributed by atoms with E-state index in [-0.39, 0.29) is 22.7 Å². The number of non-ortho nitro benzene ring substituents is 1. The second kappa shape index (κ2) is 9.71. The molecular weight excluding hydrogens is 466 g/mol. The van der Waals surface area contributed by atoms with Gasteiger partial charge in [-0.2, -0.15) is 0 Å². The summed E-state index contributed by atoms with van der Waals surface area (Å²) in [7, 11) is 1.44. The number of ketones is 1. The van der Waals surface area contributed by atoms with E-state index in [9.17, 15) is 29.6 Å². The minimum absolute atomic E-state index is 0.0168. The number of hydrogen-bond acceptors (Lipinski definition) is 7. The van der Waals surface area contributed by atoms with Crippen LogP contribution >= 0.6 is 0 Å². The number of para-hydroxylation sites is 1. The molecular formula is C26H21N3O7. The Balaban J connectivity index is 1.93. The normalized spacial score (nSPS) is 16.6. The average molecular weight is 487 g/mol. The molecule has 1 atom stereocenters. The van der Waals surface area contributed by atoms with Gasteiger partial charge in [0, 0.05) is 41.6 Å². The number of hydrogen-bond donors (Lipinski definition) is 2. The summed E-state index contributed by atoms with van der Waals surface area (Å²) in [5, 5.41) is 25.1. The van der Waals surface area contributed by atoms with E-state index in [1.807, 2.05) is 0 Å². The van der Waals surface area contributed by atoms with Crippen LogP contribution in [-0.4, -0.2) is 34.7 Å². The van der Waals surface area contributed by atoms with Crippen molar-refractivity contribution < 1.29 is 29.2 Å². The summed E-state index contributed by atoms with van der Waals surface area (Å²) in [5.41, 5.74) is 0.750. The van der Waals surface area contributed by atoms with Gasteiger partial charge in [0.1, 0.15) is 11.5 Å². The van der Waals surface area contributed by atoms with Crippen molar-refractivity contribution in [3.8, 4) is 5.75 Å². The molecule has 1 heterocycles. The molecule has 0 bridgehead atoms. The Morgan fingerprint density at radius 1 is 1.06 bits per heavy atom. The zero-order valence-electron chi connectivity index (χ0n) is 19.3. The molecule has 1 unspecified atom stereocenters. The number of ether oxygens (including phenoxy) is 1. The van der Waals surface area contributed by atoms with Crippen LogP contribution in [0.4, 0.5) is 17.1 Å². The van der Waals surface area contributed by atoms with Crippen LogP contribution in [0.25, 0.3) is 5.76 Å². The molecule has 0 saturated carbocycles. The summed E-state index contributed by atoms with van der Waals surface area (Å²) in [6.07, 6.45) is 0. The third-order valence-corrected chi connectivity index (χ3v) is 5.67. The van der Waals surface area contributed by atoms with E-state index in [2.05, 4.69) is 5.32 Å². The van der Waals surface area contributed by atoms with Gasteiger partial charge in [-0.1, -0.05) is 30.3 Å². The van der Waals surface area contributed by atoms with Gasteiger partial charge >= 0.3 is 0 Å². The largest absolute Gasteiger partial charge is 0.507 e. The van der Waals surface area contributed by atoms with Gasteiger partial charge < -0.3 is 15.2 Å². The highest BCUT2D eigenvalue weighted by molar-refractivity contribution is 6.51. The summed E-state index contributed by atoms with van der Waals surface area (Å²) in [6.45, 7) is 1.36. The number of nitrogens with one attached hydrogen (secondary N) is 1. The fraction of sp³-hybridized carbons (Fsp3) is 0.115. The van der Waals surface area contributed by atoms with Gasteiger partial charge in [0.25, 0.3) is 17.4 Å². The predicted molar refractivity (Wildman–Crippen MR) is 132 cm³/mol. The number of carbonyl (C=O) groups excluding carboxylic acids is 3. The Bertz CT molecular complexity index is 1410. The third-order valence-electron chi connectivity index (χ3n) is 5.67. The molecule has 10 nitrogen and oxygen atoms in total. The Morgan fingerprint density at radius 2 is 1.75 bits per heavy atom. The summed E-state index contributed by atoms with van der Waals surface area (Å²) in [6, 6.07) is 17.1. The minimum atomic E-state index is -1.09. The van der Waals surface area contributed by atoms with Crippen molar-refractivity contribution in [1.82, 2.24) is 0 Å². The lowest BCUT2D eigenvalue weighted by molar-refractivity contribution is -0.384. The van der Waals surface area contributed by atoms with Gasteiger partial charge in [-0.3, -0.25) is 29.4 Å². The molecule has 0 spiro atoms. The number of carbonyl (C=O) groups is 3. The number of aliphatic hydroxyl groups is 1. The maximum absolute atomic E-state index is 13.3. The Morgan fingerprint density at radius 3 is 2.39 bits per heavy atom. The van der Waals surface area contributed by atoms with Gasteiger partial charge in [-0.15, -0.1) is 0 Å². The van der Waals surface area contributed by atoms with Crippen LogP contribution in [0, 0.1) is 10.1 Å². The molecule has 3 aromatic rings. The third kappa shape index (κ3) is 4.39. The zero-order valence-corrected chi connectivity index (χ0v) is 19.3. The SMILES string of the molecule is COc1ccccc1C1/C(=C(\O)c2cccc([N+](=O)[O-])c2)C(=O)C(=O)N1c1ccc(NC(C)=O)cc1. The number of nitro benzene ring substituents is 1. The second-order valence-electron chi connectivity index (χ2n) is 7.95. The lowest BCUT2D eigenvalue weighted by Gasteiger charge is -2.26. The molecule has 1 aliphatic heterocycles. The molecule has 1 saturated heterocycles. The molecule has 182 valence electrons. The molecule has 0 radical (unpaired) electrons. The fourth-order valence-corrected chi connectivity index (χ4v) is 4.12. The Labute approximate surface area is 205 Å². The van der Waals surface area contributed by atoms with E-state index in [1.54, 1.807) is 48.5 Å². The number of nitro groups is 1. The highest BCUT2D eigenvalue weighted by atomic mass is 16.6. The van der Waals surface area contributed by atoms with E-state index in [0.29, 0.717) is 22.7 Å². The smallest absolute Gasteiger partial charge is 0.300 e. The second-order valence-corrected chi connectivity index (χ2v) is 7.95. The Hall–Kier alpha value is -4.99. The van der Waals surface area contributed by atoms with Crippen LogP contribution in [0.3, 0.4) is 0 Å². The van der Waals surface area contributed by atoms with Gasteiger partial charge in [0.2, 0.25) is 5.91 Å². The molecule has 2 N–H and O–H groups in total. The van der Waals surface area contributed by atoms with Crippen molar-refractivity contribution in [2.24, 2.45) is 0 Å². The average Bonchev–Trinajstić information content (AvgIpc) is 3.13. The lowest BCUT2D eigenvalue weighted by atomic mass is 9.94. The van der Waals surface area contributed by atoms with E-state index in [4.69, 9.17) is 4.74 Å². The van der Waals surface area contributed by atoms with Crippen molar-refractivity contribution >= 4 is 40.4 Å². The van der Waals surface area contributed by atoms with Crippen molar-refractivity contribution in [3.05, 3.63) is 99.6 Å². The van der Waals surface area contributed by atoms with E-state index >= 15 is 0 Å². The standard InChI is InChI=1S/C26H21N3O7/c1-15(30)27-17-10-12-18(13-11-17)28-23(20-8-3-4-9-21(20)36-2)22(25(32)26(28)33)24(31)16-6-5-7-19(14-16)29(34)35/h3-14,23,31H,1-2H3,(H,27,30)/b24-22+. The van der Waals surface area contributed by atoms with Gasteiger partial charge in [-0.05, 0) is 30.3 Å². The van der Waals surface area contributed by atoms with E-state index in [0.717, 1.165) is 6.07 Å². The molecule has 10 heteroatoms. The van der Waals surface area contributed by atoms with Gasteiger partial charge in [0.05, 0.1) is 23.6 Å².